The SMILES string of the molecule is COCC(CCCCCS(=O)(=O)c1ccc(F)cc1F)n1cnc2c(N)nc(C)c(C)c21. The highest BCUT2D eigenvalue weighted by Gasteiger charge is 2.21. The molecule has 1 unspecified atom stereocenters. The zero-order chi connectivity index (χ0) is 23.5. The molecule has 2 aromatic heterocycles. The van der Waals surface area contributed by atoms with E-state index in [1.807, 2.05) is 18.4 Å². The molecule has 0 spiro atoms. The Bertz CT molecular complexity index is 1210. The molecular weight excluding hydrogens is 438 g/mol. The number of aromatic nitrogens is 3. The van der Waals surface area contributed by atoms with Crippen LogP contribution in [0.3, 0.4) is 0 Å². The predicted octanol–water partition coefficient (Wildman–Crippen LogP) is 4.13. The normalized spacial score (nSPS) is 13.0. The van der Waals surface area contributed by atoms with Gasteiger partial charge in [0.2, 0.25) is 0 Å². The minimum Gasteiger partial charge on any atom is -0.383 e. The molecular formula is C22H28F2N4O3S. The number of aryl methyl sites for hydroxylation is 2. The summed E-state index contributed by atoms with van der Waals surface area (Å²) in [6.07, 6.45) is 4.23. The number of pyridine rings is 1. The van der Waals surface area contributed by atoms with Crippen LogP contribution in [-0.2, 0) is 14.6 Å². The van der Waals surface area contributed by atoms with Crippen LogP contribution in [0.4, 0.5) is 14.6 Å². The van der Waals surface area contributed by atoms with Crippen molar-refractivity contribution in [1.82, 2.24) is 14.5 Å². The Hall–Kier alpha value is -2.59. The van der Waals surface area contributed by atoms with Gasteiger partial charge in [0.25, 0.3) is 0 Å². The number of nitrogen functional groups attached to an aromatic ring is 1. The van der Waals surface area contributed by atoms with E-state index in [2.05, 4.69) is 9.97 Å². The molecule has 0 aliphatic carbocycles. The number of fused-ring (bicyclic) bond motifs is 1. The molecule has 0 radical (unpaired) electrons. The lowest BCUT2D eigenvalue weighted by atomic mass is 10.1. The molecule has 0 saturated carbocycles. The summed E-state index contributed by atoms with van der Waals surface area (Å²) in [5, 5.41) is 0. The monoisotopic (exact) mass is 466 g/mol. The molecule has 0 aliphatic heterocycles. The van der Waals surface area contributed by atoms with Crippen molar-refractivity contribution in [3.05, 3.63) is 47.4 Å². The molecule has 0 saturated heterocycles. The van der Waals surface area contributed by atoms with Gasteiger partial charge in [-0.2, -0.15) is 0 Å². The number of ether oxygens (including phenoxy) is 1. The van der Waals surface area contributed by atoms with E-state index < -0.39 is 26.4 Å². The van der Waals surface area contributed by atoms with Gasteiger partial charge in [-0.05, 0) is 44.4 Å². The van der Waals surface area contributed by atoms with E-state index >= 15 is 0 Å². The van der Waals surface area contributed by atoms with Crippen LogP contribution in [0, 0.1) is 25.5 Å². The number of methoxy groups -OCH3 is 1. The molecule has 2 N–H and O–H groups in total. The van der Waals surface area contributed by atoms with Crippen molar-refractivity contribution in [2.45, 2.75) is 50.5 Å². The van der Waals surface area contributed by atoms with E-state index in [0.717, 1.165) is 41.7 Å². The molecule has 32 heavy (non-hydrogen) atoms. The Morgan fingerprint density at radius 3 is 2.62 bits per heavy atom. The summed E-state index contributed by atoms with van der Waals surface area (Å²) >= 11 is 0. The second kappa shape index (κ2) is 9.91. The van der Waals surface area contributed by atoms with Gasteiger partial charge < -0.3 is 15.0 Å². The summed E-state index contributed by atoms with van der Waals surface area (Å²) < 4.78 is 59.1. The van der Waals surface area contributed by atoms with Gasteiger partial charge in [-0.1, -0.05) is 12.8 Å². The third kappa shape index (κ3) is 5.07. The largest absolute Gasteiger partial charge is 0.383 e. The third-order valence-corrected chi connectivity index (χ3v) is 7.48. The standard InChI is InChI=1S/C22H28F2N4O3S/c1-14-15(2)27-22(25)20-21(14)28(13-26-20)17(12-31-3)7-5-4-6-10-32(29,30)19-9-8-16(23)11-18(19)24/h8-9,11,13,17H,4-7,10,12H2,1-3H3,(H2,25,27). The summed E-state index contributed by atoms with van der Waals surface area (Å²) in [4.78, 5) is 8.30. The molecule has 1 aromatic carbocycles. The van der Waals surface area contributed by atoms with Crippen LogP contribution in [0.25, 0.3) is 11.0 Å². The number of hydrogen-bond donors (Lipinski definition) is 1. The molecule has 0 amide bonds. The number of benzene rings is 1. The van der Waals surface area contributed by atoms with Gasteiger partial charge in [-0.3, -0.25) is 0 Å². The number of nitrogens with two attached hydrogens (primary N) is 1. The lowest BCUT2D eigenvalue weighted by molar-refractivity contribution is 0.151. The number of imidazole rings is 1. The van der Waals surface area contributed by atoms with Gasteiger partial charge in [0.15, 0.2) is 15.7 Å². The molecule has 2 heterocycles. The summed E-state index contributed by atoms with van der Waals surface area (Å²) in [5.74, 6) is -1.67. The predicted molar refractivity (Wildman–Crippen MR) is 119 cm³/mol. The lowest BCUT2D eigenvalue weighted by Gasteiger charge is -2.20. The molecule has 1 atom stereocenters. The zero-order valence-electron chi connectivity index (χ0n) is 18.4. The number of hydrogen-bond acceptors (Lipinski definition) is 6. The molecule has 174 valence electrons. The molecule has 0 bridgehead atoms. The number of rotatable bonds is 10. The van der Waals surface area contributed by atoms with E-state index in [1.165, 1.54) is 0 Å². The maximum absolute atomic E-state index is 13.8. The number of sulfone groups is 1. The first kappa shape index (κ1) is 24.1. The average molecular weight is 467 g/mol. The van der Waals surface area contributed by atoms with Gasteiger partial charge in [-0.25, -0.2) is 27.2 Å². The average Bonchev–Trinajstić information content (AvgIpc) is 3.16. The lowest BCUT2D eigenvalue weighted by Crippen LogP contribution is -2.15. The minimum absolute atomic E-state index is 0.00366. The number of nitrogens with zero attached hydrogens (tertiary/aromatic N) is 3. The Labute approximate surface area is 186 Å². The number of unbranched alkanes of at least 4 members (excludes halogenated alkanes) is 2. The summed E-state index contributed by atoms with van der Waals surface area (Å²) in [6, 6.07) is 2.51. The summed E-state index contributed by atoms with van der Waals surface area (Å²) in [5.41, 5.74) is 9.45. The maximum atomic E-state index is 13.8. The van der Waals surface area contributed by atoms with Gasteiger partial charge >= 0.3 is 0 Å². The first-order valence-corrected chi connectivity index (χ1v) is 12.1. The smallest absolute Gasteiger partial charge is 0.181 e. The van der Waals surface area contributed by atoms with Crippen molar-refractivity contribution in [1.29, 1.82) is 0 Å². The molecule has 3 rings (SSSR count). The Morgan fingerprint density at radius 2 is 1.94 bits per heavy atom. The fourth-order valence-corrected chi connectivity index (χ4v) is 5.30. The highest BCUT2D eigenvalue weighted by Crippen LogP contribution is 2.29. The van der Waals surface area contributed by atoms with Gasteiger partial charge in [-0.15, -0.1) is 0 Å². The number of anilines is 1. The molecule has 0 aliphatic rings. The van der Waals surface area contributed by atoms with Crippen LogP contribution >= 0.6 is 0 Å². The van der Waals surface area contributed by atoms with Gasteiger partial charge in [0, 0.05) is 18.9 Å². The van der Waals surface area contributed by atoms with Crippen LogP contribution in [0.5, 0.6) is 0 Å². The van der Waals surface area contributed by atoms with Crippen LogP contribution < -0.4 is 5.73 Å². The van der Waals surface area contributed by atoms with Crippen molar-refractivity contribution in [3.63, 3.8) is 0 Å². The number of halogens is 2. The quantitative estimate of drug-likeness (QED) is 0.356. The first-order valence-electron chi connectivity index (χ1n) is 10.4. The maximum Gasteiger partial charge on any atom is 0.181 e. The highest BCUT2D eigenvalue weighted by molar-refractivity contribution is 7.91. The third-order valence-electron chi connectivity index (χ3n) is 5.65. The summed E-state index contributed by atoms with van der Waals surface area (Å²) in [6.45, 7) is 4.34. The Kier molecular flexibility index (Phi) is 7.45. The highest BCUT2D eigenvalue weighted by atomic mass is 32.2. The van der Waals surface area contributed by atoms with Crippen LogP contribution in [0.15, 0.2) is 29.4 Å². The Balaban J connectivity index is 1.65. The summed E-state index contributed by atoms with van der Waals surface area (Å²) in [7, 11) is -2.18. The van der Waals surface area contributed by atoms with E-state index in [1.54, 1.807) is 13.4 Å². The molecule has 7 nitrogen and oxygen atoms in total. The second-order valence-corrected chi connectivity index (χ2v) is 9.99. The van der Waals surface area contributed by atoms with E-state index in [-0.39, 0.29) is 11.8 Å². The molecule has 0 fully saturated rings. The second-order valence-electron chi connectivity index (χ2n) is 7.91. The van der Waals surface area contributed by atoms with Crippen molar-refractivity contribution < 1.29 is 21.9 Å². The van der Waals surface area contributed by atoms with Crippen molar-refractivity contribution in [2.75, 3.05) is 25.2 Å². The van der Waals surface area contributed by atoms with E-state index in [4.69, 9.17) is 10.5 Å². The van der Waals surface area contributed by atoms with Crippen molar-refractivity contribution in [2.24, 2.45) is 0 Å². The van der Waals surface area contributed by atoms with Crippen LogP contribution in [-0.4, -0.2) is 42.4 Å². The Morgan fingerprint density at radius 1 is 1.19 bits per heavy atom. The molecule has 10 heteroatoms. The van der Waals surface area contributed by atoms with E-state index in [9.17, 15) is 17.2 Å². The molecule has 3 aromatic rings. The van der Waals surface area contributed by atoms with Crippen molar-refractivity contribution >= 4 is 26.7 Å². The topological polar surface area (TPSA) is 100 Å². The van der Waals surface area contributed by atoms with Crippen LogP contribution in [0.2, 0.25) is 0 Å². The van der Waals surface area contributed by atoms with Crippen molar-refractivity contribution in [3.8, 4) is 0 Å². The fourth-order valence-electron chi connectivity index (χ4n) is 3.87. The minimum atomic E-state index is -3.81. The van der Waals surface area contributed by atoms with Gasteiger partial charge in [0.1, 0.15) is 22.0 Å². The first-order chi connectivity index (χ1) is 15.2. The zero-order valence-corrected chi connectivity index (χ0v) is 19.3. The van der Waals surface area contributed by atoms with Crippen LogP contribution in [0.1, 0.15) is 43.0 Å². The van der Waals surface area contributed by atoms with E-state index in [0.29, 0.717) is 36.8 Å². The fraction of sp³-hybridized carbons (Fsp3) is 0.455. The van der Waals surface area contributed by atoms with Gasteiger partial charge in [0.05, 0.1) is 30.2 Å².